The van der Waals surface area contributed by atoms with Crippen LogP contribution in [0.4, 0.5) is 0 Å². The van der Waals surface area contributed by atoms with Gasteiger partial charge in [-0.3, -0.25) is 0 Å². The molecule has 0 heterocycles. The van der Waals surface area contributed by atoms with E-state index in [9.17, 15) is 8.42 Å². The van der Waals surface area contributed by atoms with E-state index in [-0.39, 0.29) is 17.5 Å². The molecule has 0 unspecified atom stereocenters. The van der Waals surface area contributed by atoms with Gasteiger partial charge in [-0.05, 0) is 24.6 Å². The number of sulfone groups is 1. The van der Waals surface area contributed by atoms with Gasteiger partial charge in [0.1, 0.15) is 0 Å². The minimum absolute atomic E-state index is 0.186. The zero-order valence-electron chi connectivity index (χ0n) is 11.9. The van der Waals surface area contributed by atoms with E-state index in [4.69, 9.17) is 34.3 Å². The number of benzene rings is 1. The third kappa shape index (κ3) is 2.95. The average molecular weight is 348 g/mol. The predicted octanol–water partition coefficient (Wildman–Crippen LogP) is 2.16. The SMILES string of the molecule is CCOC[C@]1(C(N)=S)[C@H](c2ccc(Cl)cc2)[C@H]1S(C)(=O)=O. The van der Waals surface area contributed by atoms with Gasteiger partial charge in [-0.25, -0.2) is 8.42 Å². The third-order valence-corrected chi connectivity index (χ3v) is 6.20. The summed E-state index contributed by atoms with van der Waals surface area (Å²) in [6.07, 6.45) is 1.21. The van der Waals surface area contributed by atoms with Crippen molar-refractivity contribution in [3.05, 3.63) is 34.9 Å². The molecule has 21 heavy (non-hydrogen) atoms. The summed E-state index contributed by atoms with van der Waals surface area (Å²) in [6, 6.07) is 7.10. The fraction of sp³-hybridized carbons (Fsp3) is 0.500. The highest BCUT2D eigenvalue weighted by Crippen LogP contribution is 2.63. The number of thiocarbonyl (C=S) groups is 1. The predicted molar refractivity (Wildman–Crippen MR) is 88.5 cm³/mol. The van der Waals surface area contributed by atoms with Crippen LogP contribution in [0.15, 0.2) is 24.3 Å². The van der Waals surface area contributed by atoms with Gasteiger partial charge in [0.2, 0.25) is 0 Å². The Kier molecular flexibility index (Phi) is 4.63. The molecule has 0 bridgehead atoms. The van der Waals surface area contributed by atoms with Gasteiger partial charge in [-0.15, -0.1) is 0 Å². The Morgan fingerprint density at radius 1 is 1.43 bits per heavy atom. The molecule has 1 aliphatic rings. The molecule has 0 saturated heterocycles. The molecule has 3 atom stereocenters. The van der Waals surface area contributed by atoms with Gasteiger partial charge >= 0.3 is 0 Å². The van der Waals surface area contributed by atoms with Crippen molar-refractivity contribution in [1.29, 1.82) is 0 Å². The van der Waals surface area contributed by atoms with Crippen LogP contribution in [-0.2, 0) is 14.6 Å². The molecule has 0 amide bonds. The fourth-order valence-electron chi connectivity index (χ4n) is 2.98. The largest absolute Gasteiger partial charge is 0.393 e. The van der Waals surface area contributed by atoms with Crippen LogP contribution in [0, 0.1) is 5.41 Å². The van der Waals surface area contributed by atoms with E-state index in [1.807, 2.05) is 19.1 Å². The smallest absolute Gasteiger partial charge is 0.152 e. The van der Waals surface area contributed by atoms with Gasteiger partial charge in [0.05, 0.1) is 22.3 Å². The van der Waals surface area contributed by atoms with Crippen molar-refractivity contribution >= 4 is 38.6 Å². The second-order valence-corrected chi connectivity index (χ2v) is 8.36. The highest BCUT2D eigenvalue weighted by Gasteiger charge is 2.71. The van der Waals surface area contributed by atoms with Gasteiger partial charge in [-0.2, -0.15) is 0 Å². The van der Waals surface area contributed by atoms with E-state index in [2.05, 4.69) is 0 Å². The molecule has 1 aromatic rings. The summed E-state index contributed by atoms with van der Waals surface area (Å²) in [5.41, 5.74) is 5.92. The van der Waals surface area contributed by atoms with Crippen LogP contribution >= 0.6 is 23.8 Å². The number of hydrogen-bond acceptors (Lipinski definition) is 4. The number of rotatable bonds is 6. The van der Waals surface area contributed by atoms with E-state index in [0.29, 0.717) is 11.6 Å². The molecule has 2 rings (SSSR count). The first-order valence-electron chi connectivity index (χ1n) is 6.57. The van der Waals surface area contributed by atoms with E-state index < -0.39 is 20.5 Å². The Bertz CT molecular complexity index is 645. The highest BCUT2D eigenvalue weighted by molar-refractivity contribution is 7.92. The summed E-state index contributed by atoms with van der Waals surface area (Å²) in [4.78, 5) is 0.186. The zero-order valence-corrected chi connectivity index (χ0v) is 14.3. The van der Waals surface area contributed by atoms with Crippen LogP contribution in [0.3, 0.4) is 0 Å². The van der Waals surface area contributed by atoms with Crippen molar-refractivity contribution in [2.45, 2.75) is 18.1 Å². The number of hydrogen-bond donors (Lipinski definition) is 1. The van der Waals surface area contributed by atoms with E-state index in [1.54, 1.807) is 12.1 Å². The van der Waals surface area contributed by atoms with Crippen molar-refractivity contribution in [2.24, 2.45) is 11.1 Å². The number of halogens is 1. The first-order chi connectivity index (χ1) is 9.75. The molecular formula is C14H18ClNO3S2. The van der Waals surface area contributed by atoms with Crippen molar-refractivity contribution in [3.63, 3.8) is 0 Å². The lowest BCUT2D eigenvalue weighted by Gasteiger charge is -2.16. The van der Waals surface area contributed by atoms with Crippen molar-refractivity contribution < 1.29 is 13.2 Å². The van der Waals surface area contributed by atoms with E-state index in [1.165, 1.54) is 6.26 Å². The molecule has 0 aromatic heterocycles. The molecule has 4 nitrogen and oxygen atoms in total. The maximum atomic E-state index is 12.1. The maximum absolute atomic E-state index is 12.1. The van der Waals surface area contributed by atoms with Gasteiger partial charge in [0.25, 0.3) is 0 Å². The van der Waals surface area contributed by atoms with Gasteiger partial charge < -0.3 is 10.5 Å². The van der Waals surface area contributed by atoms with Gasteiger partial charge in [0.15, 0.2) is 9.84 Å². The van der Waals surface area contributed by atoms with Crippen molar-refractivity contribution in [1.82, 2.24) is 0 Å². The Labute approximate surface area is 135 Å². The monoisotopic (exact) mass is 347 g/mol. The van der Waals surface area contributed by atoms with Crippen LogP contribution < -0.4 is 5.73 Å². The van der Waals surface area contributed by atoms with Crippen LogP contribution in [-0.4, -0.2) is 38.1 Å². The second kappa shape index (κ2) is 5.83. The van der Waals surface area contributed by atoms with Crippen molar-refractivity contribution in [2.75, 3.05) is 19.5 Å². The molecule has 116 valence electrons. The Morgan fingerprint density at radius 2 is 2.00 bits per heavy atom. The molecule has 0 spiro atoms. The quantitative estimate of drug-likeness (QED) is 0.798. The van der Waals surface area contributed by atoms with Gasteiger partial charge in [-0.1, -0.05) is 36.0 Å². The minimum atomic E-state index is -3.30. The summed E-state index contributed by atoms with van der Waals surface area (Å²) in [5.74, 6) is -0.284. The van der Waals surface area contributed by atoms with Crippen LogP contribution in [0.25, 0.3) is 0 Å². The fourth-order valence-corrected chi connectivity index (χ4v) is 5.42. The molecule has 2 N–H and O–H groups in total. The lowest BCUT2D eigenvalue weighted by Crippen LogP contribution is -2.33. The first kappa shape index (κ1) is 16.7. The van der Waals surface area contributed by atoms with E-state index in [0.717, 1.165) is 5.56 Å². The standard InChI is InChI=1S/C14H18ClNO3S2/c1-3-19-8-14(13(16)20)11(12(14)21(2,17)18)9-4-6-10(15)7-5-9/h4-7,11-12H,3,8H2,1-2H3,(H2,16,20)/t11-,12-,14+/m1/s1. The van der Waals surface area contributed by atoms with Crippen LogP contribution in [0.1, 0.15) is 18.4 Å². The summed E-state index contributed by atoms with van der Waals surface area (Å²) >= 11 is 11.1. The molecule has 1 saturated carbocycles. The highest BCUT2D eigenvalue weighted by atomic mass is 35.5. The maximum Gasteiger partial charge on any atom is 0.152 e. The second-order valence-electron chi connectivity index (χ2n) is 5.32. The average Bonchev–Trinajstić information content (AvgIpc) is 3.08. The van der Waals surface area contributed by atoms with Gasteiger partial charge in [0, 0.05) is 23.8 Å². The van der Waals surface area contributed by atoms with Crippen LogP contribution in [0.2, 0.25) is 5.02 Å². The summed E-state index contributed by atoms with van der Waals surface area (Å²) in [5, 5.41) is -0.0451. The molecule has 0 radical (unpaired) electrons. The molecule has 0 aliphatic heterocycles. The van der Waals surface area contributed by atoms with E-state index >= 15 is 0 Å². The molecule has 7 heteroatoms. The molecular weight excluding hydrogens is 330 g/mol. The lowest BCUT2D eigenvalue weighted by atomic mass is 10.00. The minimum Gasteiger partial charge on any atom is -0.393 e. The Morgan fingerprint density at radius 3 is 2.43 bits per heavy atom. The molecule has 1 fully saturated rings. The Hall–Kier alpha value is -0.690. The first-order valence-corrected chi connectivity index (χ1v) is 9.31. The molecule has 1 aromatic carbocycles. The summed E-state index contributed by atoms with van der Waals surface area (Å²) in [6.45, 7) is 2.54. The topological polar surface area (TPSA) is 69.4 Å². The summed E-state index contributed by atoms with van der Waals surface area (Å²) < 4.78 is 29.7. The normalized spacial score (nSPS) is 28.3. The van der Waals surface area contributed by atoms with Crippen molar-refractivity contribution in [3.8, 4) is 0 Å². The molecule has 1 aliphatic carbocycles. The lowest BCUT2D eigenvalue weighted by molar-refractivity contribution is 0.121. The third-order valence-electron chi connectivity index (χ3n) is 3.95. The summed E-state index contributed by atoms with van der Waals surface area (Å²) in [7, 11) is -3.30. The number of ether oxygens (including phenoxy) is 1. The number of nitrogens with two attached hydrogens (primary N) is 1. The Balaban J connectivity index is 2.46. The zero-order chi connectivity index (χ0) is 15.8. The van der Waals surface area contributed by atoms with Crippen LogP contribution in [0.5, 0.6) is 0 Å².